The first kappa shape index (κ1) is 14.0. The fourth-order valence-electron chi connectivity index (χ4n) is 1.74. The molecule has 0 heterocycles. The molecule has 0 aromatic heterocycles. The van der Waals surface area contributed by atoms with Gasteiger partial charge < -0.3 is 10.5 Å². The fourth-order valence-corrected chi connectivity index (χ4v) is 1.74. The molecule has 0 spiro atoms. The predicted molar refractivity (Wildman–Crippen MR) is 72.8 cm³/mol. The summed E-state index contributed by atoms with van der Waals surface area (Å²) in [5.74, 6) is -0.372. The molecule has 0 unspecified atom stereocenters. The molecule has 0 fully saturated rings. The van der Waals surface area contributed by atoms with Gasteiger partial charge >= 0.3 is 0 Å². The van der Waals surface area contributed by atoms with Gasteiger partial charge in [-0.1, -0.05) is 12.1 Å². The van der Waals surface area contributed by atoms with Gasteiger partial charge in [0, 0.05) is 12.0 Å². The third-order valence-corrected chi connectivity index (χ3v) is 2.72. The van der Waals surface area contributed by atoms with E-state index in [1.807, 2.05) is 0 Å². The lowest BCUT2D eigenvalue weighted by atomic mass is 10.1. The Labute approximate surface area is 115 Å². The minimum atomic E-state index is -0.500. The van der Waals surface area contributed by atoms with E-state index in [0.29, 0.717) is 12.2 Å². The van der Waals surface area contributed by atoms with E-state index in [9.17, 15) is 8.78 Å². The van der Waals surface area contributed by atoms with Gasteiger partial charge in [0.2, 0.25) is 0 Å². The van der Waals surface area contributed by atoms with E-state index in [-0.39, 0.29) is 18.0 Å². The second-order valence-corrected chi connectivity index (χ2v) is 4.37. The van der Waals surface area contributed by atoms with Crippen molar-refractivity contribution in [2.75, 3.05) is 0 Å². The number of hydrogen-bond donors (Lipinski definition) is 2. The van der Waals surface area contributed by atoms with Crippen LogP contribution in [0.3, 0.4) is 0 Å². The first-order valence-electron chi connectivity index (χ1n) is 6.03. The summed E-state index contributed by atoms with van der Waals surface area (Å²) in [5.41, 5.74) is 6.36. The van der Waals surface area contributed by atoms with Crippen LogP contribution >= 0.6 is 0 Å². The second kappa shape index (κ2) is 6.14. The van der Waals surface area contributed by atoms with Gasteiger partial charge in [-0.3, -0.25) is 5.41 Å². The smallest absolute Gasteiger partial charge is 0.130 e. The number of rotatable bonds is 5. The molecule has 3 nitrogen and oxygen atoms in total. The van der Waals surface area contributed by atoms with Crippen LogP contribution in [0.25, 0.3) is 0 Å². The summed E-state index contributed by atoms with van der Waals surface area (Å²) in [6.07, 6.45) is 0.374. The maximum Gasteiger partial charge on any atom is 0.130 e. The van der Waals surface area contributed by atoms with E-state index < -0.39 is 11.6 Å². The van der Waals surface area contributed by atoms with E-state index in [0.717, 1.165) is 23.8 Å². The summed E-state index contributed by atoms with van der Waals surface area (Å²) in [4.78, 5) is 0. The molecule has 0 aliphatic heterocycles. The number of halogens is 2. The molecule has 5 heteroatoms. The summed E-state index contributed by atoms with van der Waals surface area (Å²) in [6.45, 7) is -0.0460. The average molecular weight is 276 g/mol. The van der Waals surface area contributed by atoms with E-state index in [1.54, 1.807) is 24.3 Å². The summed E-state index contributed by atoms with van der Waals surface area (Å²) in [5, 5.41) is 7.19. The first-order chi connectivity index (χ1) is 9.54. The van der Waals surface area contributed by atoms with E-state index >= 15 is 0 Å². The van der Waals surface area contributed by atoms with Crippen molar-refractivity contribution in [3.63, 3.8) is 0 Å². The predicted octanol–water partition coefficient (Wildman–Crippen LogP) is 3.02. The summed E-state index contributed by atoms with van der Waals surface area (Å²) >= 11 is 0. The molecule has 0 aliphatic carbocycles. The number of nitrogens with one attached hydrogen (secondary N) is 1. The number of benzene rings is 2. The quantitative estimate of drug-likeness (QED) is 0.651. The Hall–Kier alpha value is -2.43. The molecule has 0 saturated heterocycles. The summed E-state index contributed by atoms with van der Waals surface area (Å²) in [7, 11) is 0. The summed E-state index contributed by atoms with van der Waals surface area (Å²) < 4.78 is 31.8. The van der Waals surface area contributed by atoms with Crippen LogP contribution in [0.2, 0.25) is 0 Å². The van der Waals surface area contributed by atoms with E-state index in [2.05, 4.69) is 0 Å². The minimum absolute atomic E-state index is 0.0460. The van der Waals surface area contributed by atoms with Crippen molar-refractivity contribution in [1.82, 2.24) is 0 Å². The Kier molecular flexibility index (Phi) is 4.30. The molecule has 0 amide bonds. The van der Waals surface area contributed by atoms with Crippen molar-refractivity contribution < 1.29 is 13.5 Å². The molecule has 2 aromatic rings. The molecule has 0 atom stereocenters. The largest absolute Gasteiger partial charge is 0.489 e. The second-order valence-electron chi connectivity index (χ2n) is 4.37. The number of nitrogens with two attached hydrogens (primary N) is 1. The molecule has 2 rings (SSSR count). The molecule has 20 heavy (non-hydrogen) atoms. The maximum absolute atomic E-state index is 13.4. The van der Waals surface area contributed by atoms with Crippen molar-refractivity contribution in [2.45, 2.75) is 13.0 Å². The highest BCUT2D eigenvalue weighted by Gasteiger charge is 2.05. The highest BCUT2D eigenvalue weighted by molar-refractivity contribution is 5.79. The lowest BCUT2D eigenvalue weighted by Crippen LogP contribution is -2.12. The third-order valence-electron chi connectivity index (χ3n) is 2.72. The van der Waals surface area contributed by atoms with Gasteiger partial charge in [0.25, 0.3) is 0 Å². The van der Waals surface area contributed by atoms with E-state index in [1.165, 1.54) is 0 Å². The van der Waals surface area contributed by atoms with Gasteiger partial charge in [0.15, 0.2) is 0 Å². The Morgan fingerprint density at radius 1 is 1.10 bits per heavy atom. The van der Waals surface area contributed by atoms with Gasteiger partial charge in [0.1, 0.15) is 24.0 Å². The SMILES string of the molecule is N=C(N)Cc1ccc(OCc2cc(F)ccc2F)cc1. The lowest BCUT2D eigenvalue weighted by molar-refractivity contribution is 0.299. The molecule has 0 saturated carbocycles. The van der Waals surface area contributed by atoms with Crippen LogP contribution in [0.1, 0.15) is 11.1 Å². The maximum atomic E-state index is 13.4. The number of hydrogen-bond acceptors (Lipinski definition) is 2. The van der Waals surface area contributed by atoms with Crippen molar-refractivity contribution in [1.29, 1.82) is 5.41 Å². The molecule has 3 N–H and O–H groups in total. The Morgan fingerprint density at radius 3 is 2.45 bits per heavy atom. The van der Waals surface area contributed by atoms with Crippen molar-refractivity contribution >= 4 is 5.84 Å². The van der Waals surface area contributed by atoms with Crippen molar-refractivity contribution in [2.24, 2.45) is 5.73 Å². The molecule has 0 bridgehead atoms. The van der Waals surface area contributed by atoms with Gasteiger partial charge in [-0.05, 0) is 35.9 Å². The average Bonchev–Trinajstić information content (AvgIpc) is 2.41. The van der Waals surface area contributed by atoms with Crippen LogP contribution in [-0.2, 0) is 13.0 Å². The number of ether oxygens (including phenoxy) is 1. The van der Waals surface area contributed by atoms with Crippen LogP contribution in [-0.4, -0.2) is 5.84 Å². The Balaban J connectivity index is 2.00. The topological polar surface area (TPSA) is 59.1 Å². The molecule has 2 aromatic carbocycles. The van der Waals surface area contributed by atoms with Crippen LogP contribution in [0, 0.1) is 17.0 Å². The van der Waals surface area contributed by atoms with Gasteiger partial charge in [-0.2, -0.15) is 0 Å². The van der Waals surface area contributed by atoms with Gasteiger partial charge in [-0.25, -0.2) is 8.78 Å². The zero-order valence-electron chi connectivity index (χ0n) is 10.7. The van der Waals surface area contributed by atoms with E-state index in [4.69, 9.17) is 15.9 Å². The fraction of sp³-hybridized carbons (Fsp3) is 0.133. The first-order valence-corrected chi connectivity index (χ1v) is 6.03. The van der Waals surface area contributed by atoms with Crippen LogP contribution in [0.4, 0.5) is 8.78 Å². The Bertz CT molecular complexity index is 612. The highest BCUT2D eigenvalue weighted by Crippen LogP contribution is 2.16. The van der Waals surface area contributed by atoms with Crippen molar-refractivity contribution in [3.05, 3.63) is 65.2 Å². The number of amidine groups is 1. The van der Waals surface area contributed by atoms with Gasteiger partial charge in [-0.15, -0.1) is 0 Å². The lowest BCUT2D eigenvalue weighted by Gasteiger charge is -2.08. The molecule has 0 radical (unpaired) electrons. The third kappa shape index (κ3) is 3.78. The molecule has 104 valence electrons. The van der Waals surface area contributed by atoms with Crippen molar-refractivity contribution in [3.8, 4) is 5.75 Å². The zero-order chi connectivity index (χ0) is 14.5. The standard InChI is InChI=1S/C15H14F2N2O/c16-12-3-6-14(17)11(8-12)9-20-13-4-1-10(2-5-13)7-15(18)19/h1-6,8H,7,9H2,(H3,18,19). The van der Waals surface area contributed by atoms with Gasteiger partial charge in [0.05, 0.1) is 5.84 Å². The monoisotopic (exact) mass is 276 g/mol. The highest BCUT2D eigenvalue weighted by atomic mass is 19.1. The van der Waals surface area contributed by atoms with Crippen LogP contribution < -0.4 is 10.5 Å². The normalized spacial score (nSPS) is 10.3. The zero-order valence-corrected chi connectivity index (χ0v) is 10.7. The Morgan fingerprint density at radius 2 is 1.80 bits per heavy atom. The van der Waals surface area contributed by atoms with Crippen LogP contribution in [0.15, 0.2) is 42.5 Å². The minimum Gasteiger partial charge on any atom is -0.489 e. The van der Waals surface area contributed by atoms with Crippen LogP contribution in [0.5, 0.6) is 5.75 Å². The molecular weight excluding hydrogens is 262 g/mol. The molecular formula is C15H14F2N2O. The summed E-state index contributed by atoms with van der Waals surface area (Å²) in [6, 6.07) is 10.2. The molecule has 0 aliphatic rings.